The Bertz CT molecular complexity index is 1900. The van der Waals surface area contributed by atoms with E-state index in [0.29, 0.717) is 47.9 Å². The summed E-state index contributed by atoms with van der Waals surface area (Å²) in [4.78, 5) is 62.6. The van der Waals surface area contributed by atoms with Gasteiger partial charge in [0.2, 0.25) is 5.91 Å². The molecule has 0 saturated carbocycles. The largest absolute Gasteiger partial charge is 0.494 e. The lowest BCUT2D eigenvalue weighted by Crippen LogP contribution is -2.33. The van der Waals surface area contributed by atoms with E-state index >= 15 is 0 Å². The Kier molecular flexibility index (Phi) is 21.8. The van der Waals surface area contributed by atoms with Gasteiger partial charge in [0.15, 0.2) is 17.7 Å². The van der Waals surface area contributed by atoms with E-state index in [4.69, 9.17) is 19.9 Å². The molecular weight excluding hydrogens is 752 g/mol. The summed E-state index contributed by atoms with van der Waals surface area (Å²) < 4.78 is 18.1. The molecule has 0 saturated heterocycles. The number of ether oxygens (including phenoxy) is 3. The zero-order valence-electron chi connectivity index (χ0n) is 34.4. The molecule has 0 bridgehead atoms. The van der Waals surface area contributed by atoms with Crippen LogP contribution >= 0.6 is 0 Å². The van der Waals surface area contributed by atoms with Crippen LogP contribution in [0, 0.1) is 17.0 Å². The van der Waals surface area contributed by atoms with Crippen molar-refractivity contribution in [3.8, 4) is 11.5 Å². The maximum atomic E-state index is 11.9. The van der Waals surface area contributed by atoms with Crippen LogP contribution in [-0.4, -0.2) is 106 Å². The van der Waals surface area contributed by atoms with E-state index in [1.807, 2.05) is 24.8 Å². The number of methoxy groups -OCH3 is 1. The Hall–Kier alpha value is -6.60. The first-order valence-corrected chi connectivity index (χ1v) is 18.0. The van der Waals surface area contributed by atoms with E-state index in [9.17, 15) is 29.3 Å². The van der Waals surface area contributed by atoms with Gasteiger partial charge in [-0.1, -0.05) is 18.2 Å². The van der Waals surface area contributed by atoms with Gasteiger partial charge in [0.1, 0.15) is 35.6 Å². The summed E-state index contributed by atoms with van der Waals surface area (Å²) in [7, 11) is 4.76. The van der Waals surface area contributed by atoms with Crippen LogP contribution in [0.3, 0.4) is 0 Å². The smallest absolute Gasteiger partial charge is 0.407 e. The molecule has 2 aromatic carbocycles. The number of aromatic nitrogens is 2. The Labute approximate surface area is 338 Å². The summed E-state index contributed by atoms with van der Waals surface area (Å²) in [6.07, 6.45) is 7.75. The number of benzene rings is 2. The molecule has 19 heteroatoms. The fourth-order valence-corrected chi connectivity index (χ4v) is 4.99. The summed E-state index contributed by atoms with van der Waals surface area (Å²) in [6, 6.07) is 7.39. The molecule has 0 aliphatic heterocycles. The van der Waals surface area contributed by atoms with Crippen molar-refractivity contribution in [2.45, 2.75) is 46.8 Å². The van der Waals surface area contributed by atoms with E-state index in [1.54, 1.807) is 68.9 Å². The minimum atomic E-state index is -0.855. The highest BCUT2D eigenvalue weighted by Gasteiger charge is 2.23. The highest BCUT2D eigenvalue weighted by atomic mass is 16.6. The molecule has 0 radical (unpaired) electrons. The number of aliphatic imine (C=N–C) groups is 1. The molecular formula is C39H56N10O9. The number of rotatable bonds is 20. The molecule has 0 fully saturated rings. The number of primary amides is 1. The summed E-state index contributed by atoms with van der Waals surface area (Å²) in [6.45, 7) is 14.5. The first-order valence-electron chi connectivity index (χ1n) is 18.0. The molecule has 58 heavy (non-hydrogen) atoms. The van der Waals surface area contributed by atoms with Gasteiger partial charge in [-0.3, -0.25) is 34.2 Å². The lowest BCUT2D eigenvalue weighted by atomic mass is 10.1. The zero-order valence-corrected chi connectivity index (χ0v) is 34.4. The van der Waals surface area contributed by atoms with Gasteiger partial charge >= 0.3 is 6.09 Å². The van der Waals surface area contributed by atoms with Crippen LogP contribution < -0.4 is 41.8 Å². The van der Waals surface area contributed by atoms with Gasteiger partial charge in [0, 0.05) is 43.4 Å². The van der Waals surface area contributed by atoms with Crippen molar-refractivity contribution in [1.29, 1.82) is 0 Å². The second-order valence-electron chi connectivity index (χ2n) is 12.8. The van der Waals surface area contributed by atoms with Crippen LogP contribution in [0.15, 0.2) is 59.6 Å². The summed E-state index contributed by atoms with van der Waals surface area (Å²) >= 11 is 0. The molecule has 3 rings (SSSR count). The number of hydrogen-bond donors (Lipinski definition) is 5. The molecule has 1 heterocycles. The number of aldehydes is 2. The summed E-state index contributed by atoms with van der Waals surface area (Å²) in [5, 5.41) is 24.6. The standard InChI is InChI=1S/C31H41N7O8.C7H10N2O.CH5N/c1-31(2,3)46-30(41)36-12-8-10-14-45-25-18-22(29(32)40)17-24(38(42)43)27(25)35-11-7-9-13-37(20-33-4)28-23(34-5)15-21(19-39)16-26(28)44-6;1-3-9-7(5-10)4-6(2)8-9;1-2/h7-10,15-19,33,35H,5,11-14,20H2,1-4,6H3,(H2,32,40)(H,36,41);4-5H,3H2,1-2H3;2H2,1H3/b9-7+,10-8+;;. The number of nitrogens with two attached hydrogens (primary N) is 2. The van der Waals surface area contributed by atoms with Gasteiger partial charge in [-0.15, -0.1) is 0 Å². The average molecular weight is 809 g/mol. The minimum absolute atomic E-state index is 0.0245. The fourth-order valence-electron chi connectivity index (χ4n) is 4.99. The number of carbonyl (C=O) groups excluding carboxylic acids is 4. The van der Waals surface area contributed by atoms with E-state index < -0.39 is 28.2 Å². The highest BCUT2D eigenvalue weighted by molar-refractivity contribution is 5.95. The topological polar surface area (TPSA) is 261 Å². The van der Waals surface area contributed by atoms with Crippen molar-refractivity contribution in [1.82, 2.24) is 20.4 Å². The first kappa shape index (κ1) is 49.4. The maximum absolute atomic E-state index is 11.9. The van der Waals surface area contributed by atoms with E-state index in [1.165, 1.54) is 20.2 Å². The molecule has 316 valence electrons. The molecule has 0 aliphatic rings. The van der Waals surface area contributed by atoms with Crippen LogP contribution in [-0.2, 0) is 11.3 Å². The quantitative estimate of drug-likeness (QED) is 0.0262. The van der Waals surface area contributed by atoms with Gasteiger partial charge in [-0.05, 0) is 85.8 Å². The lowest BCUT2D eigenvalue weighted by Gasteiger charge is -2.26. The maximum Gasteiger partial charge on any atom is 0.407 e. The summed E-state index contributed by atoms with van der Waals surface area (Å²) in [5.74, 6) is -0.374. The number of nitro benzene ring substituents is 1. The van der Waals surface area contributed by atoms with Crippen LogP contribution in [0.25, 0.3) is 0 Å². The fraction of sp³-hybridized carbons (Fsp3) is 0.385. The van der Waals surface area contributed by atoms with E-state index in [0.717, 1.165) is 24.6 Å². The van der Waals surface area contributed by atoms with Gasteiger partial charge in [0.05, 0.1) is 30.1 Å². The number of alkyl carbamates (subject to hydrolysis) is 1. The zero-order chi connectivity index (χ0) is 43.8. The molecule has 2 amide bonds. The highest BCUT2D eigenvalue weighted by Crippen LogP contribution is 2.39. The number of amides is 2. The monoisotopic (exact) mass is 808 g/mol. The molecule has 1 aromatic heterocycles. The van der Waals surface area contributed by atoms with Crippen molar-refractivity contribution in [3.63, 3.8) is 0 Å². The lowest BCUT2D eigenvalue weighted by molar-refractivity contribution is -0.384. The number of hydrogen-bond acceptors (Lipinski definition) is 15. The van der Waals surface area contributed by atoms with Gasteiger partial charge in [0.25, 0.3) is 5.69 Å². The van der Waals surface area contributed by atoms with Crippen molar-refractivity contribution in [2.75, 3.05) is 64.3 Å². The number of nitro groups is 1. The summed E-state index contributed by atoms with van der Waals surface area (Å²) in [5.41, 5.74) is 11.9. The van der Waals surface area contributed by atoms with Gasteiger partial charge < -0.3 is 46.5 Å². The average Bonchev–Trinajstić information content (AvgIpc) is 3.57. The predicted octanol–water partition coefficient (Wildman–Crippen LogP) is 4.56. The second-order valence-corrected chi connectivity index (χ2v) is 12.8. The second kappa shape index (κ2) is 25.5. The molecule has 7 N–H and O–H groups in total. The van der Waals surface area contributed by atoms with Crippen LogP contribution in [0.1, 0.15) is 64.6 Å². The van der Waals surface area contributed by atoms with Crippen molar-refractivity contribution >= 4 is 54.0 Å². The molecule has 0 atom stereocenters. The minimum Gasteiger partial charge on any atom is -0.494 e. The number of anilines is 2. The van der Waals surface area contributed by atoms with Crippen LogP contribution in [0.2, 0.25) is 0 Å². The third kappa shape index (κ3) is 16.2. The van der Waals surface area contributed by atoms with Crippen molar-refractivity contribution in [3.05, 3.63) is 87.3 Å². The number of aryl methyl sites for hydroxylation is 2. The van der Waals surface area contributed by atoms with Gasteiger partial charge in [-0.2, -0.15) is 5.10 Å². The number of nitrogens with one attached hydrogen (secondary N) is 3. The predicted molar refractivity (Wildman–Crippen MR) is 225 cm³/mol. The van der Waals surface area contributed by atoms with Crippen LogP contribution in [0.4, 0.5) is 27.5 Å². The molecule has 0 aliphatic carbocycles. The van der Waals surface area contributed by atoms with Gasteiger partial charge in [-0.25, -0.2) is 4.79 Å². The normalized spacial score (nSPS) is 10.7. The molecule has 3 aromatic rings. The third-order valence-electron chi connectivity index (χ3n) is 7.34. The SMILES string of the molecule is C=Nc1cc(C=O)cc(OC)c1N(C/C=C/CNc1c(OC/C=C/CNC(=O)OC(C)(C)C)cc(C(N)=O)cc1[N+](=O)[O-])CNC.CCn1nc(C)cc1C=O.CN. The van der Waals surface area contributed by atoms with Crippen LogP contribution in [0.5, 0.6) is 11.5 Å². The van der Waals surface area contributed by atoms with Crippen molar-refractivity contribution in [2.24, 2.45) is 16.5 Å². The number of carbonyl (C=O) groups is 4. The first-order chi connectivity index (χ1) is 27.6. The Balaban J connectivity index is 0.00000120. The molecule has 19 nitrogen and oxygen atoms in total. The number of nitrogens with zero attached hydrogens (tertiary/aromatic N) is 5. The van der Waals surface area contributed by atoms with E-state index in [-0.39, 0.29) is 36.7 Å². The third-order valence-corrected chi connectivity index (χ3v) is 7.34. The Morgan fingerprint density at radius 3 is 2.28 bits per heavy atom. The Morgan fingerprint density at radius 1 is 1.05 bits per heavy atom. The molecule has 0 spiro atoms. The molecule has 0 unspecified atom stereocenters. The van der Waals surface area contributed by atoms with E-state index in [2.05, 4.69) is 38.5 Å². The Morgan fingerprint density at radius 2 is 1.74 bits per heavy atom. The van der Waals surface area contributed by atoms with Crippen molar-refractivity contribution < 1.29 is 38.3 Å².